The van der Waals surface area contributed by atoms with E-state index in [2.05, 4.69) is 20.6 Å². The van der Waals surface area contributed by atoms with Crippen molar-refractivity contribution in [2.24, 2.45) is 0 Å². The Morgan fingerprint density at radius 2 is 1.71 bits per heavy atom. The largest absolute Gasteiger partial charge is 0.417 e. The lowest BCUT2D eigenvalue weighted by Crippen LogP contribution is -2.19. The molecule has 28 heavy (non-hydrogen) atoms. The number of amides is 1. The van der Waals surface area contributed by atoms with Crippen molar-refractivity contribution >= 4 is 17.3 Å². The molecule has 0 aliphatic carbocycles. The van der Waals surface area contributed by atoms with E-state index in [0.29, 0.717) is 11.3 Å². The Kier molecular flexibility index (Phi) is 5.58. The van der Waals surface area contributed by atoms with Crippen molar-refractivity contribution in [2.75, 3.05) is 10.6 Å². The maximum Gasteiger partial charge on any atom is 0.417 e. The van der Waals surface area contributed by atoms with Crippen LogP contribution in [0.2, 0.25) is 0 Å². The van der Waals surface area contributed by atoms with E-state index in [1.807, 2.05) is 0 Å². The van der Waals surface area contributed by atoms with Gasteiger partial charge in [-0.05, 0) is 30.7 Å². The first kappa shape index (κ1) is 19.3. The lowest BCUT2D eigenvalue weighted by Gasteiger charge is -2.20. The third-order valence-electron chi connectivity index (χ3n) is 4.12. The number of nitrogens with zero attached hydrogens (tertiary/aromatic N) is 2. The predicted molar refractivity (Wildman–Crippen MR) is 99.9 cm³/mol. The van der Waals surface area contributed by atoms with E-state index in [4.69, 9.17) is 0 Å². The molecule has 0 aliphatic heterocycles. The number of carbonyl (C=O) groups excluding carboxylic acids is 1. The van der Waals surface area contributed by atoms with Crippen molar-refractivity contribution in [1.29, 1.82) is 0 Å². The molecule has 0 saturated carbocycles. The summed E-state index contributed by atoms with van der Waals surface area (Å²) in [5, 5.41) is 5.47. The molecule has 0 spiro atoms. The Morgan fingerprint density at radius 3 is 2.36 bits per heavy atom. The van der Waals surface area contributed by atoms with Gasteiger partial charge in [0.25, 0.3) is 5.91 Å². The highest BCUT2D eigenvalue weighted by atomic mass is 19.4. The molecule has 0 atom stereocenters. The van der Waals surface area contributed by atoms with Crippen LogP contribution in [0.15, 0.2) is 61.2 Å². The van der Waals surface area contributed by atoms with Gasteiger partial charge in [0.2, 0.25) is 0 Å². The summed E-state index contributed by atoms with van der Waals surface area (Å²) in [6.45, 7) is 1.23. The van der Waals surface area contributed by atoms with Gasteiger partial charge in [-0.1, -0.05) is 24.3 Å². The highest BCUT2D eigenvalue weighted by Crippen LogP contribution is 2.38. The second-order valence-electron chi connectivity index (χ2n) is 6.08. The quantitative estimate of drug-likeness (QED) is 0.669. The summed E-state index contributed by atoms with van der Waals surface area (Å²) in [5.41, 5.74) is 0.162. The molecular formula is C20H17F3N4O. The van der Waals surface area contributed by atoms with E-state index in [9.17, 15) is 18.0 Å². The molecule has 0 fully saturated rings. The molecule has 8 heteroatoms. The third kappa shape index (κ3) is 4.46. The zero-order valence-corrected chi connectivity index (χ0v) is 14.9. The second kappa shape index (κ2) is 8.08. The lowest BCUT2D eigenvalue weighted by molar-refractivity contribution is -0.138. The fraction of sp³-hybridized carbons (Fsp3) is 0.150. The van der Waals surface area contributed by atoms with Gasteiger partial charge in [-0.2, -0.15) is 13.2 Å². The van der Waals surface area contributed by atoms with Crippen LogP contribution in [-0.4, -0.2) is 15.9 Å². The van der Waals surface area contributed by atoms with Crippen molar-refractivity contribution < 1.29 is 18.0 Å². The van der Waals surface area contributed by atoms with Crippen LogP contribution in [0.3, 0.4) is 0 Å². The predicted octanol–water partition coefficient (Wildman–Crippen LogP) is 4.67. The number of aromatic nitrogens is 2. The van der Waals surface area contributed by atoms with Crippen molar-refractivity contribution in [2.45, 2.75) is 19.6 Å². The molecular weight excluding hydrogens is 369 g/mol. The number of carbonyl (C=O) groups is 1. The average Bonchev–Trinajstić information content (AvgIpc) is 2.68. The third-order valence-corrected chi connectivity index (χ3v) is 4.12. The van der Waals surface area contributed by atoms with E-state index < -0.39 is 17.6 Å². The smallest absolute Gasteiger partial charge is 0.378 e. The number of nitrogens with one attached hydrogen (secondary N) is 2. The number of benzene rings is 2. The van der Waals surface area contributed by atoms with Crippen LogP contribution in [0.5, 0.6) is 0 Å². The van der Waals surface area contributed by atoms with Crippen LogP contribution in [0.4, 0.5) is 24.5 Å². The number of aryl methyl sites for hydroxylation is 1. The summed E-state index contributed by atoms with van der Waals surface area (Å²) in [7, 11) is 0. The zero-order valence-electron chi connectivity index (χ0n) is 14.9. The average molecular weight is 386 g/mol. The maximum absolute atomic E-state index is 13.7. The molecule has 3 rings (SSSR count). The summed E-state index contributed by atoms with van der Waals surface area (Å²) in [4.78, 5) is 20.1. The van der Waals surface area contributed by atoms with Gasteiger partial charge in [0.1, 0.15) is 6.33 Å². The van der Waals surface area contributed by atoms with E-state index in [1.165, 1.54) is 37.8 Å². The van der Waals surface area contributed by atoms with Crippen LogP contribution >= 0.6 is 0 Å². The Hall–Kier alpha value is -3.42. The molecule has 3 aromatic rings. The Labute approximate surface area is 159 Å². The number of alkyl halides is 3. The van der Waals surface area contributed by atoms with Crippen LogP contribution in [0.25, 0.3) is 0 Å². The standard InChI is InChI=1S/C20H17F3N4O/c1-13-7-8-17(27-19(28)14-5-3-2-4-6-14)16(18(13)20(21,22)23)11-26-15-9-24-12-25-10-15/h2-10,12,26H,11H2,1H3,(H,27,28). The molecule has 0 bridgehead atoms. The minimum Gasteiger partial charge on any atom is -0.378 e. The minimum atomic E-state index is -4.57. The summed E-state index contributed by atoms with van der Waals surface area (Å²) in [6.07, 6.45) is -0.331. The van der Waals surface area contributed by atoms with Gasteiger partial charge in [0.05, 0.1) is 23.6 Å². The van der Waals surface area contributed by atoms with Gasteiger partial charge in [-0.3, -0.25) is 4.79 Å². The van der Waals surface area contributed by atoms with E-state index in [0.717, 1.165) is 0 Å². The van der Waals surface area contributed by atoms with Crippen molar-refractivity contribution in [3.63, 3.8) is 0 Å². The number of hydrogen-bond donors (Lipinski definition) is 2. The van der Waals surface area contributed by atoms with Crippen LogP contribution in [0.1, 0.15) is 27.0 Å². The summed E-state index contributed by atoms with van der Waals surface area (Å²) < 4.78 is 41.1. The van der Waals surface area contributed by atoms with Gasteiger partial charge in [-0.25, -0.2) is 9.97 Å². The molecule has 5 nitrogen and oxygen atoms in total. The van der Waals surface area contributed by atoms with Gasteiger partial charge >= 0.3 is 6.18 Å². The molecule has 1 heterocycles. The fourth-order valence-electron chi connectivity index (χ4n) is 2.83. The van der Waals surface area contributed by atoms with Crippen LogP contribution in [0, 0.1) is 6.92 Å². The van der Waals surface area contributed by atoms with E-state index >= 15 is 0 Å². The van der Waals surface area contributed by atoms with E-state index in [-0.39, 0.29) is 23.4 Å². The zero-order chi connectivity index (χ0) is 20.1. The highest BCUT2D eigenvalue weighted by Gasteiger charge is 2.36. The molecule has 2 N–H and O–H groups in total. The topological polar surface area (TPSA) is 66.9 Å². The van der Waals surface area contributed by atoms with Crippen LogP contribution in [-0.2, 0) is 12.7 Å². The van der Waals surface area contributed by atoms with Gasteiger partial charge in [-0.15, -0.1) is 0 Å². The summed E-state index contributed by atoms with van der Waals surface area (Å²) >= 11 is 0. The van der Waals surface area contributed by atoms with Gasteiger partial charge < -0.3 is 10.6 Å². The second-order valence-corrected chi connectivity index (χ2v) is 6.08. The molecule has 1 aromatic heterocycles. The summed E-state index contributed by atoms with van der Waals surface area (Å²) in [5.74, 6) is -0.484. The minimum absolute atomic E-state index is 0.0550. The highest BCUT2D eigenvalue weighted by molar-refractivity contribution is 6.04. The Bertz CT molecular complexity index is 960. The Balaban J connectivity index is 1.97. The molecule has 0 radical (unpaired) electrons. The van der Waals surface area contributed by atoms with Gasteiger partial charge in [0.15, 0.2) is 0 Å². The normalized spacial score (nSPS) is 11.1. The van der Waals surface area contributed by atoms with Gasteiger partial charge in [0, 0.05) is 23.4 Å². The molecule has 144 valence electrons. The molecule has 0 aliphatic rings. The first-order valence-corrected chi connectivity index (χ1v) is 8.41. The maximum atomic E-state index is 13.7. The fourth-order valence-corrected chi connectivity index (χ4v) is 2.83. The monoisotopic (exact) mass is 386 g/mol. The van der Waals surface area contributed by atoms with E-state index in [1.54, 1.807) is 30.3 Å². The number of halogens is 3. The van der Waals surface area contributed by atoms with Crippen LogP contribution < -0.4 is 10.6 Å². The lowest BCUT2D eigenvalue weighted by atomic mass is 9.98. The molecule has 0 unspecified atom stereocenters. The SMILES string of the molecule is Cc1ccc(NC(=O)c2ccccc2)c(CNc2cncnc2)c1C(F)(F)F. The Morgan fingerprint density at radius 1 is 1.04 bits per heavy atom. The first-order valence-electron chi connectivity index (χ1n) is 8.41. The summed E-state index contributed by atoms with van der Waals surface area (Å²) in [6, 6.07) is 11.1. The number of hydrogen-bond acceptors (Lipinski definition) is 4. The van der Waals surface area contributed by atoms with Crippen molar-refractivity contribution in [3.05, 3.63) is 83.4 Å². The number of anilines is 2. The molecule has 1 amide bonds. The molecule has 0 saturated heterocycles. The van der Waals surface area contributed by atoms with Crippen molar-refractivity contribution in [3.8, 4) is 0 Å². The molecule has 2 aromatic carbocycles. The number of rotatable bonds is 5. The first-order chi connectivity index (χ1) is 13.4. The van der Waals surface area contributed by atoms with Crippen molar-refractivity contribution in [1.82, 2.24) is 9.97 Å².